The number of aromatic amines is 1. The van der Waals surface area contributed by atoms with Gasteiger partial charge in [0, 0.05) is 16.8 Å². The van der Waals surface area contributed by atoms with Crippen LogP contribution in [-0.4, -0.2) is 37.3 Å². The summed E-state index contributed by atoms with van der Waals surface area (Å²) in [4.78, 5) is 12.2. The SMILES string of the molecule is COc1cc(-c2cc(C=CC(=O)c3ccc(N)cc3)[nH]n2)cc(OC)c1OC. The van der Waals surface area contributed by atoms with Crippen LogP contribution in [0, 0.1) is 0 Å². The quantitative estimate of drug-likeness (QED) is 0.370. The molecule has 7 heteroatoms. The highest BCUT2D eigenvalue weighted by molar-refractivity contribution is 6.06. The van der Waals surface area contributed by atoms with Crippen molar-refractivity contribution in [1.82, 2.24) is 10.2 Å². The molecule has 0 saturated heterocycles. The van der Waals surface area contributed by atoms with Crippen molar-refractivity contribution in [3.05, 3.63) is 59.8 Å². The number of aromatic nitrogens is 2. The van der Waals surface area contributed by atoms with Crippen LogP contribution in [0.1, 0.15) is 16.1 Å². The molecule has 0 saturated carbocycles. The van der Waals surface area contributed by atoms with E-state index in [-0.39, 0.29) is 5.78 Å². The molecule has 7 nitrogen and oxygen atoms in total. The summed E-state index contributed by atoms with van der Waals surface area (Å²) in [5, 5.41) is 7.20. The van der Waals surface area contributed by atoms with E-state index in [0.29, 0.717) is 39.9 Å². The van der Waals surface area contributed by atoms with Gasteiger partial charge in [-0.15, -0.1) is 0 Å². The first-order valence-corrected chi connectivity index (χ1v) is 8.49. The van der Waals surface area contributed by atoms with Crippen LogP contribution < -0.4 is 19.9 Å². The lowest BCUT2D eigenvalue weighted by molar-refractivity contribution is 0.104. The lowest BCUT2D eigenvalue weighted by Crippen LogP contribution is -1.95. The van der Waals surface area contributed by atoms with Gasteiger partial charge < -0.3 is 19.9 Å². The number of H-pyrrole nitrogens is 1. The predicted molar refractivity (Wildman–Crippen MR) is 108 cm³/mol. The summed E-state index contributed by atoms with van der Waals surface area (Å²) in [5.41, 5.74) is 8.97. The van der Waals surface area contributed by atoms with Crippen LogP contribution in [0.4, 0.5) is 5.69 Å². The molecule has 0 amide bonds. The van der Waals surface area contributed by atoms with E-state index >= 15 is 0 Å². The maximum atomic E-state index is 12.2. The Kier molecular flexibility index (Phi) is 5.64. The van der Waals surface area contributed by atoms with Crippen molar-refractivity contribution in [2.75, 3.05) is 27.1 Å². The fourth-order valence-electron chi connectivity index (χ4n) is 2.71. The first-order chi connectivity index (χ1) is 13.5. The summed E-state index contributed by atoms with van der Waals surface area (Å²) < 4.78 is 16.1. The minimum atomic E-state index is -0.121. The van der Waals surface area contributed by atoms with Gasteiger partial charge in [0.1, 0.15) is 0 Å². The van der Waals surface area contributed by atoms with Gasteiger partial charge in [0.05, 0.1) is 32.7 Å². The zero-order valence-corrected chi connectivity index (χ0v) is 15.9. The fourth-order valence-corrected chi connectivity index (χ4v) is 2.71. The number of nitrogens with zero attached hydrogens (tertiary/aromatic N) is 1. The zero-order chi connectivity index (χ0) is 20.1. The molecular weight excluding hydrogens is 358 g/mol. The first-order valence-electron chi connectivity index (χ1n) is 8.49. The van der Waals surface area contributed by atoms with Crippen LogP contribution >= 0.6 is 0 Å². The number of methoxy groups -OCH3 is 3. The number of ether oxygens (including phenoxy) is 3. The molecule has 28 heavy (non-hydrogen) atoms. The van der Waals surface area contributed by atoms with Crippen molar-refractivity contribution in [1.29, 1.82) is 0 Å². The Balaban J connectivity index is 1.84. The number of ketones is 1. The van der Waals surface area contributed by atoms with Crippen molar-refractivity contribution >= 4 is 17.5 Å². The number of anilines is 1. The maximum Gasteiger partial charge on any atom is 0.203 e. The average molecular weight is 379 g/mol. The molecule has 3 N–H and O–H groups in total. The Labute approximate surface area is 162 Å². The molecule has 1 aromatic heterocycles. The van der Waals surface area contributed by atoms with E-state index < -0.39 is 0 Å². The number of nitrogens with two attached hydrogens (primary N) is 1. The molecule has 1 heterocycles. The topological polar surface area (TPSA) is 99.5 Å². The van der Waals surface area contributed by atoms with Gasteiger partial charge in [0.25, 0.3) is 0 Å². The minimum Gasteiger partial charge on any atom is -0.493 e. The third-order valence-electron chi connectivity index (χ3n) is 4.17. The molecule has 0 aliphatic heterocycles. The number of carbonyl (C=O) groups excluding carboxylic acids is 1. The molecule has 0 aliphatic rings. The number of benzene rings is 2. The highest BCUT2D eigenvalue weighted by Gasteiger charge is 2.15. The number of hydrogen-bond donors (Lipinski definition) is 2. The van der Waals surface area contributed by atoms with Crippen molar-refractivity contribution in [3.63, 3.8) is 0 Å². The second-order valence-corrected chi connectivity index (χ2v) is 5.94. The number of rotatable bonds is 7. The summed E-state index contributed by atoms with van der Waals surface area (Å²) in [6, 6.07) is 12.2. The summed E-state index contributed by atoms with van der Waals surface area (Å²) in [7, 11) is 4.67. The van der Waals surface area contributed by atoms with Crippen LogP contribution in [0.5, 0.6) is 17.2 Å². The van der Waals surface area contributed by atoms with E-state index in [1.165, 1.54) is 6.08 Å². The zero-order valence-electron chi connectivity index (χ0n) is 15.9. The Morgan fingerprint density at radius 3 is 2.21 bits per heavy atom. The Morgan fingerprint density at radius 2 is 1.64 bits per heavy atom. The van der Waals surface area contributed by atoms with Gasteiger partial charge in [-0.05, 0) is 54.6 Å². The summed E-state index contributed by atoms with van der Waals surface area (Å²) in [6.07, 6.45) is 3.16. The summed E-state index contributed by atoms with van der Waals surface area (Å²) in [5.74, 6) is 1.47. The molecule has 0 bridgehead atoms. The molecule has 0 fully saturated rings. The molecule has 3 aromatic rings. The molecule has 0 radical (unpaired) electrons. The van der Waals surface area contributed by atoms with E-state index in [9.17, 15) is 4.79 Å². The number of nitrogens with one attached hydrogen (secondary N) is 1. The van der Waals surface area contributed by atoms with E-state index in [0.717, 1.165) is 5.56 Å². The van der Waals surface area contributed by atoms with Crippen LogP contribution in [0.2, 0.25) is 0 Å². The standard InChI is InChI=1S/C21H21N3O4/c1-26-19-10-14(11-20(27-2)21(19)28-3)17-12-16(23-24-17)8-9-18(25)13-4-6-15(22)7-5-13/h4-12H,22H2,1-3H3,(H,23,24). The van der Waals surface area contributed by atoms with Crippen molar-refractivity contribution in [2.24, 2.45) is 0 Å². The van der Waals surface area contributed by atoms with Crippen LogP contribution in [0.3, 0.4) is 0 Å². The molecule has 0 spiro atoms. The van der Waals surface area contributed by atoms with Gasteiger partial charge in [-0.3, -0.25) is 9.89 Å². The Bertz CT molecular complexity index is 982. The number of hydrogen-bond acceptors (Lipinski definition) is 6. The predicted octanol–water partition coefficient (Wildman–Crippen LogP) is 3.58. The lowest BCUT2D eigenvalue weighted by Gasteiger charge is -2.13. The number of nitrogen functional groups attached to an aromatic ring is 1. The van der Waals surface area contributed by atoms with Crippen molar-refractivity contribution in [2.45, 2.75) is 0 Å². The monoisotopic (exact) mass is 379 g/mol. The molecule has 144 valence electrons. The van der Waals surface area contributed by atoms with Gasteiger partial charge in [0.15, 0.2) is 17.3 Å². The van der Waals surface area contributed by atoms with Gasteiger partial charge in [-0.2, -0.15) is 5.10 Å². The van der Waals surface area contributed by atoms with Gasteiger partial charge >= 0.3 is 0 Å². The summed E-state index contributed by atoms with van der Waals surface area (Å²) in [6.45, 7) is 0. The second kappa shape index (κ2) is 8.30. The molecule has 2 aromatic carbocycles. The highest BCUT2D eigenvalue weighted by atomic mass is 16.5. The van der Waals surface area contributed by atoms with Gasteiger partial charge in [0.2, 0.25) is 5.75 Å². The molecule has 0 atom stereocenters. The molecular formula is C21H21N3O4. The fraction of sp³-hybridized carbons (Fsp3) is 0.143. The number of allylic oxidation sites excluding steroid dienone is 1. The molecule has 3 rings (SSSR count). The first kappa shape index (κ1) is 19.0. The average Bonchev–Trinajstić information content (AvgIpc) is 3.20. The lowest BCUT2D eigenvalue weighted by atomic mass is 10.1. The van der Waals surface area contributed by atoms with Crippen molar-refractivity contribution < 1.29 is 19.0 Å². The van der Waals surface area contributed by atoms with E-state index in [1.807, 2.05) is 18.2 Å². The third-order valence-corrected chi connectivity index (χ3v) is 4.17. The van der Waals surface area contributed by atoms with Crippen LogP contribution in [0.25, 0.3) is 17.3 Å². The maximum absolute atomic E-state index is 12.2. The van der Waals surface area contributed by atoms with E-state index in [4.69, 9.17) is 19.9 Å². The molecule has 0 unspecified atom stereocenters. The highest BCUT2D eigenvalue weighted by Crippen LogP contribution is 2.40. The van der Waals surface area contributed by atoms with E-state index in [2.05, 4.69) is 10.2 Å². The minimum absolute atomic E-state index is 0.121. The Hall–Kier alpha value is -3.74. The van der Waals surface area contributed by atoms with Gasteiger partial charge in [-0.1, -0.05) is 0 Å². The van der Waals surface area contributed by atoms with Gasteiger partial charge in [-0.25, -0.2) is 0 Å². The smallest absolute Gasteiger partial charge is 0.203 e. The summed E-state index contributed by atoms with van der Waals surface area (Å²) >= 11 is 0. The van der Waals surface area contributed by atoms with Crippen LogP contribution in [0.15, 0.2) is 48.5 Å². The van der Waals surface area contributed by atoms with E-state index in [1.54, 1.807) is 51.7 Å². The van der Waals surface area contributed by atoms with Crippen LogP contribution in [-0.2, 0) is 0 Å². The largest absolute Gasteiger partial charge is 0.493 e. The van der Waals surface area contributed by atoms with Crippen molar-refractivity contribution in [3.8, 4) is 28.5 Å². The molecule has 0 aliphatic carbocycles. The second-order valence-electron chi connectivity index (χ2n) is 5.94. The Morgan fingerprint density at radius 1 is 1.00 bits per heavy atom. The third kappa shape index (κ3) is 3.98. The number of carbonyl (C=O) groups is 1. The normalized spacial score (nSPS) is 10.8.